The lowest BCUT2D eigenvalue weighted by atomic mass is 9.79. The number of phenolic OH excluding ortho intramolecular Hbond substituents is 3. The molecule has 12 heteroatoms. The standard InChI is InChI=1S/C26H26O12/c1-36-20-11-15(3-7-17(20)28)5-9-23(32)38-24-19(30)12-26(35,25(33)34)13-21(24)37-22(31)8-4-14-2-6-16(27)18(29)10-14/h2-11,19,21,24,27-30,35H,12-13H2,1H3,(H,33,34)/t19-,21-,24-,26+/m1/s1. The van der Waals surface area contributed by atoms with Gasteiger partial charge in [-0.05, 0) is 47.5 Å². The third-order valence-electron chi connectivity index (χ3n) is 5.78. The Morgan fingerprint density at radius 2 is 1.45 bits per heavy atom. The number of esters is 2. The average molecular weight is 530 g/mol. The van der Waals surface area contributed by atoms with Crippen molar-refractivity contribution in [2.45, 2.75) is 36.8 Å². The van der Waals surface area contributed by atoms with Crippen LogP contribution in [0.4, 0.5) is 0 Å². The fourth-order valence-electron chi connectivity index (χ4n) is 3.81. The zero-order valence-electron chi connectivity index (χ0n) is 20.1. The summed E-state index contributed by atoms with van der Waals surface area (Å²) < 4.78 is 15.5. The van der Waals surface area contributed by atoms with Crippen LogP contribution in [0.15, 0.2) is 48.6 Å². The lowest BCUT2D eigenvalue weighted by Crippen LogP contribution is -2.58. The second-order valence-corrected chi connectivity index (χ2v) is 8.54. The summed E-state index contributed by atoms with van der Waals surface area (Å²) >= 11 is 0. The van der Waals surface area contributed by atoms with E-state index in [1.165, 1.54) is 55.7 Å². The molecule has 202 valence electrons. The van der Waals surface area contributed by atoms with E-state index in [9.17, 15) is 45.0 Å². The summed E-state index contributed by atoms with van der Waals surface area (Å²) in [5, 5.41) is 58.9. The van der Waals surface area contributed by atoms with E-state index < -0.39 is 60.4 Å². The number of ether oxygens (including phenoxy) is 3. The van der Waals surface area contributed by atoms with E-state index in [1.54, 1.807) is 0 Å². The molecule has 0 aliphatic heterocycles. The van der Waals surface area contributed by atoms with Crippen LogP contribution in [0.5, 0.6) is 23.0 Å². The van der Waals surface area contributed by atoms with E-state index in [0.29, 0.717) is 11.1 Å². The molecule has 1 aliphatic carbocycles. The van der Waals surface area contributed by atoms with Crippen LogP contribution in [-0.2, 0) is 23.9 Å². The highest BCUT2D eigenvalue weighted by Gasteiger charge is 2.52. The molecule has 12 nitrogen and oxygen atoms in total. The van der Waals surface area contributed by atoms with Gasteiger partial charge < -0.3 is 44.8 Å². The third-order valence-corrected chi connectivity index (χ3v) is 5.78. The Bertz CT molecular complexity index is 1270. The average Bonchev–Trinajstić information content (AvgIpc) is 2.86. The Morgan fingerprint density at radius 3 is 2.03 bits per heavy atom. The van der Waals surface area contributed by atoms with Gasteiger partial charge in [0, 0.05) is 25.0 Å². The minimum atomic E-state index is -2.45. The van der Waals surface area contributed by atoms with Crippen LogP contribution >= 0.6 is 0 Å². The smallest absolute Gasteiger partial charge is 0.335 e. The highest BCUT2D eigenvalue weighted by Crippen LogP contribution is 2.33. The van der Waals surface area contributed by atoms with E-state index in [2.05, 4.69) is 0 Å². The van der Waals surface area contributed by atoms with Gasteiger partial charge in [0.15, 0.2) is 34.7 Å². The van der Waals surface area contributed by atoms with Gasteiger partial charge in [-0.3, -0.25) is 0 Å². The van der Waals surface area contributed by atoms with Crippen molar-refractivity contribution in [3.05, 3.63) is 59.7 Å². The molecule has 0 bridgehead atoms. The van der Waals surface area contributed by atoms with Crippen molar-refractivity contribution in [3.8, 4) is 23.0 Å². The Kier molecular flexibility index (Phi) is 8.61. The zero-order valence-corrected chi connectivity index (χ0v) is 20.1. The molecule has 4 atom stereocenters. The molecule has 0 spiro atoms. The Morgan fingerprint density at radius 1 is 0.868 bits per heavy atom. The molecule has 0 radical (unpaired) electrons. The van der Waals surface area contributed by atoms with Gasteiger partial charge in [0.2, 0.25) is 0 Å². The highest BCUT2D eigenvalue weighted by atomic mass is 16.6. The van der Waals surface area contributed by atoms with Crippen molar-refractivity contribution in [2.24, 2.45) is 0 Å². The maximum atomic E-state index is 12.5. The van der Waals surface area contributed by atoms with Gasteiger partial charge in [0.05, 0.1) is 13.2 Å². The van der Waals surface area contributed by atoms with E-state index in [4.69, 9.17) is 14.2 Å². The van der Waals surface area contributed by atoms with Gasteiger partial charge in [0.1, 0.15) is 6.10 Å². The molecule has 1 aliphatic rings. The van der Waals surface area contributed by atoms with Crippen LogP contribution in [-0.4, -0.2) is 79.6 Å². The molecular weight excluding hydrogens is 504 g/mol. The normalized spacial score (nSPS) is 23.3. The molecular formula is C26H26O12. The number of aliphatic hydroxyl groups is 2. The first-order valence-electron chi connectivity index (χ1n) is 11.2. The summed E-state index contributed by atoms with van der Waals surface area (Å²) in [6.07, 6.45) is -1.56. The number of methoxy groups -OCH3 is 1. The van der Waals surface area contributed by atoms with Crippen molar-refractivity contribution in [3.63, 3.8) is 0 Å². The third kappa shape index (κ3) is 6.81. The fourth-order valence-corrected chi connectivity index (χ4v) is 3.81. The lowest BCUT2D eigenvalue weighted by Gasteiger charge is -2.40. The number of carboxylic acid groups (broad SMARTS) is 1. The quantitative estimate of drug-likeness (QED) is 0.163. The number of aliphatic hydroxyl groups excluding tert-OH is 1. The number of aromatic hydroxyl groups is 3. The molecule has 0 heterocycles. The van der Waals surface area contributed by atoms with Crippen molar-refractivity contribution in [1.82, 2.24) is 0 Å². The minimum absolute atomic E-state index is 0.107. The number of rotatable bonds is 8. The fraction of sp³-hybridized carbons (Fsp3) is 0.269. The molecule has 6 N–H and O–H groups in total. The number of aliphatic carboxylic acids is 1. The number of hydrogen-bond acceptors (Lipinski definition) is 11. The van der Waals surface area contributed by atoms with Gasteiger partial charge >= 0.3 is 17.9 Å². The predicted molar refractivity (Wildman–Crippen MR) is 130 cm³/mol. The Hall–Kier alpha value is -4.55. The van der Waals surface area contributed by atoms with Crippen LogP contribution < -0.4 is 4.74 Å². The van der Waals surface area contributed by atoms with Crippen LogP contribution in [0, 0.1) is 0 Å². The van der Waals surface area contributed by atoms with Gasteiger partial charge in [-0.1, -0.05) is 12.1 Å². The molecule has 0 aromatic heterocycles. The number of carboxylic acids is 1. The molecule has 0 saturated heterocycles. The number of benzene rings is 2. The molecule has 0 amide bonds. The van der Waals surface area contributed by atoms with Crippen molar-refractivity contribution >= 4 is 30.1 Å². The number of carbonyl (C=O) groups is 3. The molecule has 1 saturated carbocycles. The topological polar surface area (TPSA) is 200 Å². The SMILES string of the molecule is COc1cc(C=CC(=O)O[C@@H]2[C@H](O)C[C@@](O)(C(=O)O)C[C@H]2OC(=O)C=Cc2ccc(O)c(O)c2)ccc1O. The first-order chi connectivity index (χ1) is 17.9. The van der Waals surface area contributed by atoms with Crippen molar-refractivity contribution in [1.29, 1.82) is 0 Å². The molecule has 2 aromatic carbocycles. The summed E-state index contributed by atoms with van der Waals surface area (Å²) in [6.45, 7) is 0. The Labute approximate surface area is 216 Å². The second-order valence-electron chi connectivity index (χ2n) is 8.54. The predicted octanol–water partition coefficient (Wildman–Crippen LogP) is 1.33. The highest BCUT2D eigenvalue weighted by molar-refractivity contribution is 5.88. The summed E-state index contributed by atoms with van der Waals surface area (Å²) in [5.41, 5.74) is -1.66. The van der Waals surface area contributed by atoms with Crippen LogP contribution in [0.25, 0.3) is 12.2 Å². The Balaban J connectivity index is 1.75. The molecule has 0 unspecified atom stereocenters. The van der Waals surface area contributed by atoms with E-state index >= 15 is 0 Å². The molecule has 1 fully saturated rings. The molecule has 38 heavy (non-hydrogen) atoms. The van der Waals surface area contributed by atoms with E-state index in [1.807, 2.05) is 0 Å². The van der Waals surface area contributed by atoms with Gasteiger partial charge in [-0.2, -0.15) is 0 Å². The van der Waals surface area contributed by atoms with Gasteiger partial charge in [-0.15, -0.1) is 0 Å². The summed E-state index contributed by atoms with van der Waals surface area (Å²) in [5.74, 6) is -4.36. The lowest BCUT2D eigenvalue weighted by molar-refractivity contribution is -0.204. The largest absolute Gasteiger partial charge is 0.504 e. The van der Waals surface area contributed by atoms with Gasteiger partial charge in [-0.25, -0.2) is 14.4 Å². The van der Waals surface area contributed by atoms with E-state index in [0.717, 1.165) is 12.2 Å². The zero-order chi connectivity index (χ0) is 28.0. The minimum Gasteiger partial charge on any atom is -0.504 e. The van der Waals surface area contributed by atoms with Crippen LogP contribution in [0.1, 0.15) is 24.0 Å². The summed E-state index contributed by atoms with van der Waals surface area (Å²) in [6, 6.07) is 8.06. The van der Waals surface area contributed by atoms with Crippen LogP contribution in [0.3, 0.4) is 0 Å². The summed E-state index contributed by atoms with van der Waals surface area (Å²) in [7, 11) is 1.35. The van der Waals surface area contributed by atoms with Crippen LogP contribution in [0.2, 0.25) is 0 Å². The first kappa shape index (κ1) is 28.0. The molecule has 3 rings (SSSR count). The monoisotopic (exact) mass is 530 g/mol. The maximum absolute atomic E-state index is 12.5. The summed E-state index contributed by atoms with van der Waals surface area (Å²) in [4.78, 5) is 36.5. The van der Waals surface area contributed by atoms with E-state index in [-0.39, 0.29) is 17.2 Å². The second kappa shape index (κ2) is 11.7. The number of carbonyl (C=O) groups excluding carboxylic acids is 2. The van der Waals surface area contributed by atoms with Gasteiger partial charge in [0.25, 0.3) is 0 Å². The maximum Gasteiger partial charge on any atom is 0.335 e. The van der Waals surface area contributed by atoms with Crippen molar-refractivity contribution in [2.75, 3.05) is 7.11 Å². The van der Waals surface area contributed by atoms with Crippen molar-refractivity contribution < 1.29 is 59.2 Å². The first-order valence-corrected chi connectivity index (χ1v) is 11.2. The number of hydrogen-bond donors (Lipinski definition) is 6. The number of phenols is 3. The molecule has 2 aromatic rings.